The van der Waals surface area contributed by atoms with E-state index in [9.17, 15) is 0 Å². The van der Waals surface area contributed by atoms with E-state index >= 15 is 0 Å². The highest BCUT2D eigenvalue weighted by molar-refractivity contribution is 6.31. The molecule has 0 aliphatic heterocycles. The van der Waals surface area contributed by atoms with Crippen molar-refractivity contribution in [3.05, 3.63) is 29.0 Å². The summed E-state index contributed by atoms with van der Waals surface area (Å²) in [5, 5.41) is 0.760. The maximum absolute atomic E-state index is 6.15. The van der Waals surface area contributed by atoms with Crippen molar-refractivity contribution in [3.63, 3.8) is 0 Å². The standard InChI is InChI=1S/C16H20Cl2N2/c1-16(2)7-5-12(6-8-16)20-14-9-11(18)3-4-13(14)19-15(20)10-17/h3-4,9,12H,5-8,10H2,1-2H3. The molecule has 0 unspecified atom stereocenters. The molecule has 0 atom stereocenters. The second kappa shape index (κ2) is 5.23. The van der Waals surface area contributed by atoms with Crippen molar-refractivity contribution >= 4 is 34.2 Å². The highest BCUT2D eigenvalue weighted by Crippen LogP contribution is 2.42. The summed E-state index contributed by atoms with van der Waals surface area (Å²) < 4.78 is 2.32. The van der Waals surface area contributed by atoms with Crippen LogP contribution in [0, 0.1) is 5.41 Å². The Labute approximate surface area is 130 Å². The van der Waals surface area contributed by atoms with Crippen molar-refractivity contribution in [1.82, 2.24) is 9.55 Å². The number of rotatable bonds is 2. The van der Waals surface area contributed by atoms with Crippen LogP contribution in [-0.2, 0) is 5.88 Å². The van der Waals surface area contributed by atoms with Gasteiger partial charge in [0.2, 0.25) is 0 Å². The minimum Gasteiger partial charge on any atom is -0.324 e. The van der Waals surface area contributed by atoms with Crippen LogP contribution in [0.15, 0.2) is 18.2 Å². The van der Waals surface area contributed by atoms with Crippen LogP contribution in [0.25, 0.3) is 11.0 Å². The molecule has 0 radical (unpaired) electrons. The molecule has 1 aromatic carbocycles. The van der Waals surface area contributed by atoms with Gasteiger partial charge in [-0.3, -0.25) is 0 Å². The van der Waals surface area contributed by atoms with E-state index in [1.54, 1.807) is 0 Å². The molecule has 3 rings (SSSR count). The summed E-state index contributed by atoms with van der Waals surface area (Å²) in [6.07, 6.45) is 4.88. The number of hydrogen-bond acceptors (Lipinski definition) is 1. The van der Waals surface area contributed by atoms with Crippen molar-refractivity contribution in [2.24, 2.45) is 5.41 Å². The Morgan fingerprint density at radius 1 is 1.30 bits per heavy atom. The Morgan fingerprint density at radius 3 is 2.65 bits per heavy atom. The SMILES string of the molecule is CC1(C)CCC(n2c(CCl)nc3ccc(Cl)cc32)CC1. The molecule has 4 heteroatoms. The molecule has 0 amide bonds. The first-order chi connectivity index (χ1) is 9.50. The summed E-state index contributed by atoms with van der Waals surface area (Å²) in [5.41, 5.74) is 2.58. The molecule has 1 saturated carbocycles. The predicted octanol–water partition coefficient (Wildman–Crippen LogP) is 5.57. The lowest BCUT2D eigenvalue weighted by atomic mass is 9.75. The van der Waals surface area contributed by atoms with Gasteiger partial charge in [0.1, 0.15) is 5.82 Å². The van der Waals surface area contributed by atoms with Crippen LogP contribution in [0.3, 0.4) is 0 Å². The second-order valence-electron chi connectivity index (χ2n) is 6.56. The van der Waals surface area contributed by atoms with Gasteiger partial charge in [-0.05, 0) is 49.3 Å². The summed E-state index contributed by atoms with van der Waals surface area (Å²) >= 11 is 12.3. The fraction of sp³-hybridized carbons (Fsp3) is 0.562. The van der Waals surface area contributed by atoms with Gasteiger partial charge in [0.05, 0.1) is 16.9 Å². The van der Waals surface area contributed by atoms with E-state index in [1.165, 1.54) is 25.7 Å². The van der Waals surface area contributed by atoms with Gasteiger partial charge >= 0.3 is 0 Å². The van der Waals surface area contributed by atoms with E-state index < -0.39 is 0 Å². The number of imidazole rings is 1. The predicted molar refractivity (Wildman–Crippen MR) is 85.6 cm³/mol. The second-order valence-corrected chi connectivity index (χ2v) is 7.26. The third kappa shape index (κ3) is 2.56. The van der Waals surface area contributed by atoms with Gasteiger partial charge in [-0.25, -0.2) is 4.98 Å². The Morgan fingerprint density at radius 2 is 2.00 bits per heavy atom. The van der Waals surface area contributed by atoms with Crippen molar-refractivity contribution < 1.29 is 0 Å². The minimum absolute atomic E-state index is 0.451. The maximum Gasteiger partial charge on any atom is 0.125 e. The fourth-order valence-electron chi connectivity index (χ4n) is 3.26. The first kappa shape index (κ1) is 14.2. The number of benzene rings is 1. The summed E-state index contributed by atoms with van der Waals surface area (Å²) in [7, 11) is 0. The van der Waals surface area contributed by atoms with Gasteiger partial charge in [-0.2, -0.15) is 0 Å². The quantitative estimate of drug-likeness (QED) is 0.663. The number of alkyl halides is 1. The van der Waals surface area contributed by atoms with Crippen LogP contribution in [0.4, 0.5) is 0 Å². The molecule has 2 aromatic rings. The molecule has 0 bridgehead atoms. The van der Waals surface area contributed by atoms with Crippen molar-refractivity contribution in [2.45, 2.75) is 51.5 Å². The zero-order valence-electron chi connectivity index (χ0n) is 12.0. The van der Waals surface area contributed by atoms with E-state index in [4.69, 9.17) is 23.2 Å². The van der Waals surface area contributed by atoms with Gasteiger partial charge in [-0.15, -0.1) is 11.6 Å². The summed E-state index contributed by atoms with van der Waals surface area (Å²) in [4.78, 5) is 4.66. The Bertz CT molecular complexity index is 621. The maximum atomic E-state index is 6.15. The summed E-state index contributed by atoms with van der Waals surface area (Å²) in [5.74, 6) is 1.42. The van der Waals surface area contributed by atoms with E-state index in [1.807, 2.05) is 18.2 Å². The number of hydrogen-bond donors (Lipinski definition) is 0. The molecule has 1 fully saturated rings. The third-order valence-corrected chi connectivity index (χ3v) is 4.99. The van der Waals surface area contributed by atoms with Gasteiger partial charge < -0.3 is 4.57 Å². The Kier molecular flexibility index (Phi) is 3.72. The lowest BCUT2D eigenvalue weighted by Crippen LogP contribution is -2.24. The lowest BCUT2D eigenvalue weighted by Gasteiger charge is -2.35. The highest BCUT2D eigenvalue weighted by Gasteiger charge is 2.29. The third-order valence-electron chi connectivity index (χ3n) is 4.52. The van der Waals surface area contributed by atoms with Crippen LogP contribution in [-0.4, -0.2) is 9.55 Å². The molecule has 1 heterocycles. The van der Waals surface area contributed by atoms with Crippen LogP contribution in [0.5, 0.6) is 0 Å². The number of nitrogens with zero attached hydrogens (tertiary/aromatic N) is 2. The Balaban J connectivity index is 2.03. The molecular weight excluding hydrogens is 291 g/mol. The average Bonchev–Trinajstić information content (AvgIpc) is 2.76. The molecule has 20 heavy (non-hydrogen) atoms. The topological polar surface area (TPSA) is 17.8 Å². The fourth-order valence-corrected chi connectivity index (χ4v) is 3.61. The smallest absolute Gasteiger partial charge is 0.125 e. The molecule has 108 valence electrons. The molecular formula is C16H20Cl2N2. The minimum atomic E-state index is 0.451. The molecule has 2 nitrogen and oxygen atoms in total. The van der Waals surface area contributed by atoms with Crippen molar-refractivity contribution in [1.29, 1.82) is 0 Å². The van der Waals surface area contributed by atoms with E-state index in [0.717, 1.165) is 21.9 Å². The van der Waals surface area contributed by atoms with Crippen LogP contribution in [0.1, 0.15) is 51.4 Å². The largest absolute Gasteiger partial charge is 0.324 e. The normalized spacial score (nSPS) is 19.6. The summed E-state index contributed by atoms with van der Waals surface area (Å²) in [6, 6.07) is 6.39. The molecule has 0 N–H and O–H groups in total. The van der Waals surface area contributed by atoms with Gasteiger partial charge in [-0.1, -0.05) is 25.4 Å². The van der Waals surface area contributed by atoms with E-state index in [0.29, 0.717) is 17.3 Å². The molecule has 1 aliphatic carbocycles. The first-order valence-electron chi connectivity index (χ1n) is 7.22. The molecule has 0 spiro atoms. The highest BCUT2D eigenvalue weighted by atomic mass is 35.5. The van der Waals surface area contributed by atoms with Crippen LogP contribution in [0.2, 0.25) is 5.02 Å². The Hall–Kier alpha value is -0.730. The number of fused-ring (bicyclic) bond motifs is 1. The monoisotopic (exact) mass is 310 g/mol. The molecule has 1 aliphatic rings. The van der Waals surface area contributed by atoms with Crippen LogP contribution < -0.4 is 0 Å². The van der Waals surface area contributed by atoms with E-state index in [2.05, 4.69) is 23.4 Å². The van der Waals surface area contributed by atoms with Gasteiger partial charge in [0, 0.05) is 11.1 Å². The molecule has 1 aromatic heterocycles. The van der Waals surface area contributed by atoms with Crippen LogP contribution >= 0.6 is 23.2 Å². The van der Waals surface area contributed by atoms with Crippen molar-refractivity contribution in [3.8, 4) is 0 Å². The zero-order valence-corrected chi connectivity index (χ0v) is 13.5. The zero-order chi connectivity index (χ0) is 14.3. The number of halogens is 2. The van der Waals surface area contributed by atoms with Gasteiger partial charge in [0.15, 0.2) is 0 Å². The molecule has 0 saturated heterocycles. The lowest BCUT2D eigenvalue weighted by molar-refractivity contribution is 0.194. The van der Waals surface area contributed by atoms with Crippen molar-refractivity contribution in [2.75, 3.05) is 0 Å². The summed E-state index contributed by atoms with van der Waals surface area (Å²) in [6.45, 7) is 4.71. The first-order valence-corrected chi connectivity index (χ1v) is 8.14. The number of aromatic nitrogens is 2. The van der Waals surface area contributed by atoms with Gasteiger partial charge in [0.25, 0.3) is 0 Å². The van der Waals surface area contributed by atoms with E-state index in [-0.39, 0.29) is 0 Å². The average molecular weight is 311 g/mol.